The summed E-state index contributed by atoms with van der Waals surface area (Å²) >= 11 is 0. The Morgan fingerprint density at radius 1 is 1.32 bits per heavy atom. The second kappa shape index (κ2) is 7.53. The minimum Gasteiger partial charge on any atom is -0.480 e. The summed E-state index contributed by atoms with van der Waals surface area (Å²) in [5.41, 5.74) is 6.48. The van der Waals surface area contributed by atoms with Crippen molar-refractivity contribution in [1.29, 1.82) is 0 Å². The molecule has 1 rings (SSSR count). The molecular formula is C14H20N2O3. The van der Waals surface area contributed by atoms with Crippen LogP contribution in [-0.4, -0.2) is 23.0 Å². The van der Waals surface area contributed by atoms with E-state index in [1.807, 2.05) is 13.0 Å². The van der Waals surface area contributed by atoms with E-state index in [0.717, 1.165) is 12.8 Å². The van der Waals surface area contributed by atoms with E-state index in [1.165, 1.54) is 0 Å². The summed E-state index contributed by atoms with van der Waals surface area (Å²) in [5, 5.41) is 11.5. The molecule has 104 valence electrons. The predicted octanol–water partition coefficient (Wildman–Crippen LogP) is 1.45. The first kappa shape index (κ1) is 15.2. The molecule has 0 spiro atoms. The molecule has 1 aromatic rings. The van der Waals surface area contributed by atoms with Gasteiger partial charge in [-0.05, 0) is 12.0 Å². The number of rotatable bonds is 7. The quantitative estimate of drug-likeness (QED) is 0.695. The van der Waals surface area contributed by atoms with E-state index >= 15 is 0 Å². The van der Waals surface area contributed by atoms with Crippen LogP contribution in [0.4, 0.5) is 0 Å². The molecule has 0 aliphatic carbocycles. The summed E-state index contributed by atoms with van der Waals surface area (Å²) in [4.78, 5) is 23.0. The zero-order valence-corrected chi connectivity index (χ0v) is 11.0. The van der Waals surface area contributed by atoms with E-state index in [0.29, 0.717) is 12.0 Å². The smallest absolute Gasteiger partial charge is 0.326 e. The van der Waals surface area contributed by atoms with Crippen LogP contribution in [0.3, 0.4) is 0 Å². The van der Waals surface area contributed by atoms with Gasteiger partial charge in [-0.15, -0.1) is 0 Å². The number of benzene rings is 1. The summed E-state index contributed by atoms with van der Waals surface area (Å²) < 4.78 is 0. The fourth-order valence-corrected chi connectivity index (χ4v) is 1.74. The molecule has 0 aliphatic rings. The zero-order chi connectivity index (χ0) is 14.3. The lowest BCUT2D eigenvalue weighted by molar-refractivity contribution is -0.142. The molecule has 0 unspecified atom stereocenters. The molecule has 1 amide bonds. The van der Waals surface area contributed by atoms with Crippen LogP contribution in [0.25, 0.3) is 0 Å². The molecule has 0 aromatic heterocycles. The number of amides is 1. The van der Waals surface area contributed by atoms with Crippen molar-refractivity contribution >= 4 is 11.9 Å². The average molecular weight is 264 g/mol. The SMILES string of the molecule is CCCC[C@H](NC(=O)[C@H](N)c1ccccc1)C(=O)O. The Kier molecular flexibility index (Phi) is 6.02. The maximum absolute atomic E-state index is 11.9. The largest absolute Gasteiger partial charge is 0.480 e. The summed E-state index contributed by atoms with van der Waals surface area (Å²) in [6.07, 6.45) is 2.04. The topological polar surface area (TPSA) is 92.4 Å². The van der Waals surface area contributed by atoms with Crippen molar-refractivity contribution in [2.75, 3.05) is 0 Å². The number of nitrogens with one attached hydrogen (secondary N) is 1. The maximum atomic E-state index is 11.9. The molecule has 0 heterocycles. The lowest BCUT2D eigenvalue weighted by Crippen LogP contribution is -2.44. The minimum atomic E-state index is -1.03. The molecule has 0 bridgehead atoms. The summed E-state index contributed by atoms with van der Waals surface area (Å²) in [6, 6.07) is 7.17. The highest BCUT2D eigenvalue weighted by Crippen LogP contribution is 2.10. The number of carbonyl (C=O) groups is 2. The monoisotopic (exact) mass is 264 g/mol. The van der Waals surface area contributed by atoms with E-state index in [2.05, 4.69) is 5.32 Å². The average Bonchev–Trinajstić information content (AvgIpc) is 2.43. The van der Waals surface area contributed by atoms with Crippen LogP contribution in [0.1, 0.15) is 37.8 Å². The van der Waals surface area contributed by atoms with Gasteiger partial charge in [-0.3, -0.25) is 4.79 Å². The molecule has 5 heteroatoms. The Labute approximate surface area is 112 Å². The van der Waals surface area contributed by atoms with Gasteiger partial charge in [0, 0.05) is 0 Å². The molecule has 0 saturated carbocycles. The van der Waals surface area contributed by atoms with E-state index in [4.69, 9.17) is 10.8 Å². The van der Waals surface area contributed by atoms with Gasteiger partial charge >= 0.3 is 5.97 Å². The van der Waals surface area contributed by atoms with Crippen LogP contribution in [0.5, 0.6) is 0 Å². The number of carboxylic acids is 1. The van der Waals surface area contributed by atoms with Gasteiger partial charge in [0.2, 0.25) is 5.91 Å². The predicted molar refractivity (Wildman–Crippen MR) is 72.5 cm³/mol. The lowest BCUT2D eigenvalue weighted by atomic mass is 10.1. The second-order valence-corrected chi connectivity index (χ2v) is 4.43. The molecule has 1 aromatic carbocycles. The van der Waals surface area contributed by atoms with E-state index in [9.17, 15) is 9.59 Å². The third kappa shape index (κ3) is 4.71. The first-order chi connectivity index (χ1) is 9.06. The van der Waals surface area contributed by atoms with Crippen LogP contribution in [0, 0.1) is 0 Å². The normalized spacial score (nSPS) is 13.6. The zero-order valence-electron chi connectivity index (χ0n) is 11.0. The highest BCUT2D eigenvalue weighted by molar-refractivity contribution is 5.87. The van der Waals surface area contributed by atoms with Gasteiger partial charge in [0.05, 0.1) is 0 Å². The Hall–Kier alpha value is -1.88. The third-order valence-corrected chi connectivity index (χ3v) is 2.90. The third-order valence-electron chi connectivity index (χ3n) is 2.90. The molecule has 4 N–H and O–H groups in total. The van der Waals surface area contributed by atoms with Crippen LogP contribution < -0.4 is 11.1 Å². The molecular weight excluding hydrogens is 244 g/mol. The summed E-state index contributed by atoms with van der Waals surface area (Å²) in [6.45, 7) is 1.97. The fourth-order valence-electron chi connectivity index (χ4n) is 1.74. The maximum Gasteiger partial charge on any atom is 0.326 e. The van der Waals surface area contributed by atoms with E-state index in [1.54, 1.807) is 24.3 Å². The van der Waals surface area contributed by atoms with Crippen LogP contribution in [-0.2, 0) is 9.59 Å². The van der Waals surface area contributed by atoms with Gasteiger partial charge < -0.3 is 16.2 Å². The minimum absolute atomic E-state index is 0.416. The van der Waals surface area contributed by atoms with Crippen LogP contribution in [0.15, 0.2) is 30.3 Å². The van der Waals surface area contributed by atoms with Gasteiger partial charge in [0.15, 0.2) is 0 Å². The van der Waals surface area contributed by atoms with E-state index in [-0.39, 0.29) is 0 Å². The molecule has 19 heavy (non-hydrogen) atoms. The van der Waals surface area contributed by atoms with Gasteiger partial charge in [-0.25, -0.2) is 4.79 Å². The first-order valence-electron chi connectivity index (χ1n) is 6.40. The first-order valence-corrected chi connectivity index (χ1v) is 6.40. The Bertz CT molecular complexity index is 420. The summed E-state index contributed by atoms with van der Waals surface area (Å²) in [7, 11) is 0. The van der Waals surface area contributed by atoms with Gasteiger partial charge in [0.25, 0.3) is 0 Å². The molecule has 0 fully saturated rings. The van der Waals surface area contributed by atoms with Crippen molar-refractivity contribution < 1.29 is 14.7 Å². The highest BCUT2D eigenvalue weighted by atomic mass is 16.4. The number of nitrogens with two attached hydrogens (primary N) is 1. The number of unbranched alkanes of at least 4 members (excludes halogenated alkanes) is 1. The van der Waals surface area contributed by atoms with Crippen LogP contribution >= 0.6 is 0 Å². The Morgan fingerprint density at radius 3 is 2.47 bits per heavy atom. The number of carbonyl (C=O) groups excluding carboxylic acids is 1. The molecule has 0 aliphatic heterocycles. The van der Waals surface area contributed by atoms with Crippen molar-refractivity contribution in [2.45, 2.75) is 38.3 Å². The van der Waals surface area contributed by atoms with Crippen molar-refractivity contribution in [3.05, 3.63) is 35.9 Å². The number of hydrogen-bond donors (Lipinski definition) is 3. The number of hydrogen-bond acceptors (Lipinski definition) is 3. The van der Waals surface area contributed by atoms with Gasteiger partial charge in [-0.2, -0.15) is 0 Å². The van der Waals surface area contributed by atoms with Crippen molar-refractivity contribution in [2.24, 2.45) is 5.73 Å². The molecule has 0 radical (unpaired) electrons. The van der Waals surface area contributed by atoms with Crippen molar-refractivity contribution in [3.63, 3.8) is 0 Å². The Morgan fingerprint density at radius 2 is 1.95 bits per heavy atom. The second-order valence-electron chi connectivity index (χ2n) is 4.43. The standard InChI is InChI=1S/C14H20N2O3/c1-2-3-9-11(14(18)19)16-13(17)12(15)10-7-5-4-6-8-10/h4-8,11-12H,2-3,9,15H2,1H3,(H,16,17)(H,18,19)/t11-,12+/m0/s1. The van der Waals surface area contributed by atoms with Crippen LogP contribution in [0.2, 0.25) is 0 Å². The fraction of sp³-hybridized carbons (Fsp3) is 0.429. The highest BCUT2D eigenvalue weighted by Gasteiger charge is 2.23. The molecule has 0 saturated heterocycles. The lowest BCUT2D eigenvalue weighted by Gasteiger charge is -2.17. The van der Waals surface area contributed by atoms with E-state index < -0.39 is 24.0 Å². The molecule has 2 atom stereocenters. The van der Waals surface area contributed by atoms with Gasteiger partial charge in [-0.1, -0.05) is 50.1 Å². The number of carboxylic acid groups (broad SMARTS) is 1. The summed E-state index contributed by atoms with van der Waals surface area (Å²) in [5.74, 6) is -1.49. The molecule has 5 nitrogen and oxygen atoms in total. The van der Waals surface area contributed by atoms with Gasteiger partial charge in [0.1, 0.15) is 12.1 Å². The number of aliphatic carboxylic acids is 1. The Balaban J connectivity index is 2.64. The van der Waals surface area contributed by atoms with Crippen molar-refractivity contribution in [3.8, 4) is 0 Å². The van der Waals surface area contributed by atoms with Crippen molar-refractivity contribution in [1.82, 2.24) is 5.32 Å².